The van der Waals surface area contributed by atoms with Crippen LogP contribution in [0.3, 0.4) is 0 Å². The van der Waals surface area contributed by atoms with Crippen LogP contribution in [0.2, 0.25) is 5.15 Å². The molecule has 2 heterocycles. The average molecular weight is 369 g/mol. The first-order valence-electron chi connectivity index (χ1n) is 5.51. The maximum atomic E-state index is 12.2. The molecule has 0 saturated carbocycles. The molecular formula is C10H11BrClN3O3S. The van der Waals surface area contributed by atoms with E-state index in [1.807, 2.05) is 0 Å². The number of amides is 1. The lowest BCUT2D eigenvalue weighted by Crippen LogP contribution is -2.50. The topological polar surface area (TPSA) is 88.2 Å². The van der Waals surface area contributed by atoms with E-state index in [1.54, 1.807) is 0 Å². The van der Waals surface area contributed by atoms with Gasteiger partial charge in [0, 0.05) is 17.2 Å². The van der Waals surface area contributed by atoms with Gasteiger partial charge in [0.25, 0.3) is 0 Å². The Morgan fingerprint density at radius 2 is 2.26 bits per heavy atom. The van der Waals surface area contributed by atoms with E-state index in [2.05, 4.69) is 31.0 Å². The maximum absolute atomic E-state index is 12.2. The molecule has 1 fully saturated rings. The fraction of sp³-hybridized carbons (Fsp3) is 0.400. The third-order valence-electron chi connectivity index (χ3n) is 2.65. The monoisotopic (exact) mass is 367 g/mol. The molecule has 2 rings (SSSR count). The lowest BCUT2D eigenvalue weighted by atomic mass is 10.1. The van der Waals surface area contributed by atoms with Crippen molar-refractivity contribution in [3.63, 3.8) is 0 Å². The van der Waals surface area contributed by atoms with Crippen molar-refractivity contribution < 1.29 is 13.2 Å². The molecule has 1 saturated heterocycles. The number of carbonyl (C=O) groups is 1. The fourth-order valence-electron chi connectivity index (χ4n) is 1.73. The van der Waals surface area contributed by atoms with Gasteiger partial charge in [-0.05, 0) is 34.8 Å². The first-order chi connectivity index (χ1) is 8.90. The first kappa shape index (κ1) is 14.7. The summed E-state index contributed by atoms with van der Waals surface area (Å²) in [7, 11) is -3.88. The van der Waals surface area contributed by atoms with Crippen molar-refractivity contribution in [1.29, 1.82) is 0 Å². The minimum absolute atomic E-state index is 0.132. The zero-order valence-electron chi connectivity index (χ0n) is 9.69. The zero-order valence-corrected chi connectivity index (χ0v) is 12.8. The van der Waals surface area contributed by atoms with Crippen LogP contribution in [0.5, 0.6) is 0 Å². The van der Waals surface area contributed by atoms with E-state index in [-0.39, 0.29) is 16.0 Å². The number of nitrogens with zero attached hydrogens (tertiary/aromatic N) is 1. The molecule has 1 aromatic heterocycles. The second-order valence-corrected chi connectivity index (χ2v) is 7.01. The van der Waals surface area contributed by atoms with E-state index in [9.17, 15) is 13.2 Å². The van der Waals surface area contributed by atoms with Crippen LogP contribution in [0, 0.1) is 0 Å². The molecule has 1 amide bonds. The molecule has 0 spiro atoms. The highest BCUT2D eigenvalue weighted by molar-refractivity contribution is 9.10. The predicted octanol–water partition coefficient (Wildman–Crippen LogP) is 1.05. The molecule has 1 aliphatic rings. The lowest BCUT2D eigenvalue weighted by Gasteiger charge is -2.22. The SMILES string of the molecule is O=C1NCCCC1NS(=O)(=O)c1cc(Br)cnc1Cl. The largest absolute Gasteiger partial charge is 0.355 e. The minimum atomic E-state index is -3.88. The molecular weight excluding hydrogens is 358 g/mol. The minimum Gasteiger partial charge on any atom is -0.355 e. The van der Waals surface area contributed by atoms with E-state index in [1.165, 1.54) is 12.3 Å². The second kappa shape index (κ2) is 5.74. The van der Waals surface area contributed by atoms with Gasteiger partial charge in [-0.2, -0.15) is 4.72 Å². The molecule has 9 heteroatoms. The van der Waals surface area contributed by atoms with Crippen LogP contribution in [-0.4, -0.2) is 31.9 Å². The van der Waals surface area contributed by atoms with Crippen LogP contribution in [0.15, 0.2) is 21.6 Å². The van der Waals surface area contributed by atoms with Crippen LogP contribution in [-0.2, 0) is 14.8 Å². The quantitative estimate of drug-likeness (QED) is 0.781. The Balaban J connectivity index is 2.27. The molecule has 0 aromatic carbocycles. The van der Waals surface area contributed by atoms with Crippen molar-refractivity contribution in [1.82, 2.24) is 15.0 Å². The smallest absolute Gasteiger partial charge is 0.244 e. The van der Waals surface area contributed by atoms with Crippen molar-refractivity contribution in [3.05, 3.63) is 21.9 Å². The summed E-state index contributed by atoms with van der Waals surface area (Å²) in [6.07, 6.45) is 2.59. The van der Waals surface area contributed by atoms with Gasteiger partial charge < -0.3 is 5.32 Å². The molecule has 0 bridgehead atoms. The number of hydrogen-bond acceptors (Lipinski definition) is 4. The Bertz CT molecular complexity index is 608. The van der Waals surface area contributed by atoms with Crippen molar-refractivity contribution >= 4 is 43.5 Å². The van der Waals surface area contributed by atoms with Gasteiger partial charge in [-0.15, -0.1) is 0 Å². The molecule has 104 valence electrons. The summed E-state index contributed by atoms with van der Waals surface area (Å²) < 4.78 is 27.2. The summed E-state index contributed by atoms with van der Waals surface area (Å²) in [5.41, 5.74) is 0. The highest BCUT2D eigenvalue weighted by Crippen LogP contribution is 2.23. The van der Waals surface area contributed by atoms with Crippen molar-refractivity contribution in [2.75, 3.05) is 6.54 Å². The maximum Gasteiger partial charge on any atom is 0.244 e. The Labute approximate surface area is 124 Å². The summed E-state index contributed by atoms with van der Waals surface area (Å²) in [6, 6.07) is 0.576. The molecule has 1 aliphatic heterocycles. The van der Waals surface area contributed by atoms with Gasteiger partial charge in [-0.25, -0.2) is 13.4 Å². The molecule has 19 heavy (non-hydrogen) atoms. The normalized spacial score (nSPS) is 20.1. The molecule has 2 N–H and O–H groups in total. The van der Waals surface area contributed by atoms with Gasteiger partial charge in [-0.3, -0.25) is 4.79 Å². The third-order valence-corrected chi connectivity index (χ3v) is 4.98. The summed E-state index contributed by atoms with van der Waals surface area (Å²) in [4.78, 5) is 15.2. The van der Waals surface area contributed by atoms with Gasteiger partial charge >= 0.3 is 0 Å². The molecule has 1 unspecified atom stereocenters. The van der Waals surface area contributed by atoms with E-state index in [0.717, 1.165) is 6.42 Å². The van der Waals surface area contributed by atoms with Gasteiger partial charge in [0.1, 0.15) is 16.1 Å². The van der Waals surface area contributed by atoms with Crippen LogP contribution in [0.25, 0.3) is 0 Å². The average Bonchev–Trinajstić information content (AvgIpc) is 2.35. The van der Waals surface area contributed by atoms with Crippen LogP contribution in [0.4, 0.5) is 0 Å². The summed E-state index contributed by atoms with van der Waals surface area (Å²) in [5.74, 6) is -0.325. The Morgan fingerprint density at radius 1 is 1.53 bits per heavy atom. The van der Waals surface area contributed by atoms with Gasteiger partial charge in [0.2, 0.25) is 15.9 Å². The number of carbonyl (C=O) groups excluding carboxylic acids is 1. The standard InChI is InChI=1S/C10H11BrClN3O3S/c11-6-4-8(9(12)14-5-6)19(17,18)15-7-2-1-3-13-10(7)16/h4-5,7,15H,1-3H2,(H,13,16). The third kappa shape index (κ3) is 3.44. The van der Waals surface area contributed by atoms with Gasteiger partial charge in [-0.1, -0.05) is 11.6 Å². The Morgan fingerprint density at radius 3 is 2.95 bits per heavy atom. The van der Waals surface area contributed by atoms with E-state index >= 15 is 0 Å². The molecule has 1 atom stereocenters. The second-order valence-electron chi connectivity index (χ2n) is 4.05. The summed E-state index contributed by atoms with van der Waals surface area (Å²) >= 11 is 8.92. The van der Waals surface area contributed by atoms with Crippen molar-refractivity contribution in [3.8, 4) is 0 Å². The van der Waals surface area contributed by atoms with Crippen molar-refractivity contribution in [2.24, 2.45) is 0 Å². The fourth-order valence-corrected chi connectivity index (χ4v) is 3.90. The van der Waals surface area contributed by atoms with E-state index in [4.69, 9.17) is 11.6 Å². The number of aromatic nitrogens is 1. The molecule has 0 radical (unpaired) electrons. The molecule has 0 aliphatic carbocycles. The lowest BCUT2D eigenvalue weighted by molar-refractivity contribution is -0.124. The van der Waals surface area contributed by atoms with Crippen molar-refractivity contribution in [2.45, 2.75) is 23.8 Å². The summed E-state index contributed by atoms with van der Waals surface area (Å²) in [5, 5.41) is 2.48. The van der Waals surface area contributed by atoms with Crippen LogP contribution < -0.4 is 10.0 Å². The Kier molecular flexibility index (Phi) is 4.44. The number of hydrogen-bond donors (Lipinski definition) is 2. The number of halogens is 2. The number of nitrogens with one attached hydrogen (secondary N) is 2. The molecule has 6 nitrogen and oxygen atoms in total. The number of sulfonamides is 1. The van der Waals surface area contributed by atoms with Crippen LogP contribution >= 0.6 is 27.5 Å². The first-order valence-corrected chi connectivity index (χ1v) is 8.16. The van der Waals surface area contributed by atoms with Gasteiger partial charge in [0.15, 0.2) is 0 Å². The highest BCUT2D eigenvalue weighted by Gasteiger charge is 2.29. The summed E-state index contributed by atoms with van der Waals surface area (Å²) in [6.45, 7) is 0.566. The van der Waals surface area contributed by atoms with Gasteiger partial charge in [0.05, 0.1) is 0 Å². The van der Waals surface area contributed by atoms with E-state index in [0.29, 0.717) is 17.4 Å². The predicted molar refractivity (Wildman–Crippen MR) is 73.3 cm³/mol. The number of rotatable bonds is 3. The number of piperidine rings is 1. The highest BCUT2D eigenvalue weighted by atomic mass is 79.9. The number of pyridine rings is 1. The van der Waals surface area contributed by atoms with Crippen LogP contribution in [0.1, 0.15) is 12.8 Å². The molecule has 1 aromatic rings. The Hall–Kier alpha value is -0.700. The zero-order chi connectivity index (χ0) is 14.0. The van der Waals surface area contributed by atoms with E-state index < -0.39 is 16.1 Å².